The summed E-state index contributed by atoms with van der Waals surface area (Å²) >= 11 is 0. The molecule has 4 rings (SSSR count). The van der Waals surface area contributed by atoms with Gasteiger partial charge in [0.15, 0.2) is 0 Å². The predicted molar refractivity (Wildman–Crippen MR) is 93.1 cm³/mol. The van der Waals surface area contributed by atoms with Crippen LogP contribution in [-0.2, 0) is 5.41 Å². The summed E-state index contributed by atoms with van der Waals surface area (Å²) in [5, 5.41) is 11.1. The molecule has 0 amide bonds. The Morgan fingerprint density at radius 3 is 2.68 bits per heavy atom. The molecule has 1 aromatic carbocycles. The number of anilines is 1. The van der Waals surface area contributed by atoms with Gasteiger partial charge in [0.1, 0.15) is 5.82 Å². The number of benzene rings is 1. The van der Waals surface area contributed by atoms with Gasteiger partial charge in [-0.3, -0.25) is 0 Å². The Bertz CT molecular complexity index is 798. The van der Waals surface area contributed by atoms with Gasteiger partial charge in [-0.25, -0.2) is 4.98 Å². The average Bonchev–Trinajstić information content (AvgIpc) is 2.99. The van der Waals surface area contributed by atoms with Crippen molar-refractivity contribution in [3.8, 4) is 11.4 Å². The number of nitrogens with one attached hydrogen (secondary N) is 2. The van der Waals surface area contributed by atoms with Crippen molar-refractivity contribution in [1.82, 2.24) is 20.2 Å². The van der Waals surface area contributed by atoms with Gasteiger partial charge in [0, 0.05) is 23.2 Å². The monoisotopic (exact) mass is 337 g/mol. The largest absolute Gasteiger partial charge is 0.384 e. The molecule has 0 saturated heterocycles. The van der Waals surface area contributed by atoms with E-state index in [1.807, 2.05) is 6.07 Å². The molecule has 2 N–H and O–H groups in total. The molecule has 0 atom stereocenters. The maximum absolute atomic E-state index is 4.64. The zero-order valence-corrected chi connectivity index (χ0v) is 13.9. The highest BCUT2D eigenvalue weighted by Gasteiger charge is 2.30. The standard InChI is InChI=1S/C15H15N5.2ClH/c1-15(2)8-16-11-6-13-12(5-10(11)15)19-14(20-13)9-3-4-17-18-7-9;;/h3-7,16H,8H2,1-2H3,(H,19,20);2*1H. The molecule has 7 heteroatoms. The van der Waals surface area contributed by atoms with Crippen molar-refractivity contribution in [3.05, 3.63) is 36.2 Å². The molecule has 0 saturated carbocycles. The quantitative estimate of drug-likeness (QED) is 0.712. The second-order valence-electron chi connectivity index (χ2n) is 5.87. The minimum absolute atomic E-state index is 0. The summed E-state index contributed by atoms with van der Waals surface area (Å²) in [6, 6.07) is 6.23. The van der Waals surface area contributed by atoms with Crippen LogP contribution < -0.4 is 5.32 Å². The lowest BCUT2D eigenvalue weighted by atomic mass is 9.87. The minimum Gasteiger partial charge on any atom is -0.384 e. The van der Waals surface area contributed by atoms with E-state index in [1.165, 1.54) is 11.3 Å². The Labute approximate surface area is 140 Å². The van der Waals surface area contributed by atoms with E-state index in [0.717, 1.165) is 29.0 Å². The van der Waals surface area contributed by atoms with E-state index in [9.17, 15) is 0 Å². The number of H-pyrrole nitrogens is 1. The van der Waals surface area contributed by atoms with E-state index in [-0.39, 0.29) is 30.2 Å². The van der Waals surface area contributed by atoms with Crippen LogP contribution in [0, 0.1) is 0 Å². The first-order valence-corrected chi connectivity index (χ1v) is 6.69. The first kappa shape index (κ1) is 16.5. The van der Waals surface area contributed by atoms with Crippen LogP contribution in [0.2, 0.25) is 0 Å². The van der Waals surface area contributed by atoms with Crippen LogP contribution in [0.3, 0.4) is 0 Å². The van der Waals surface area contributed by atoms with E-state index in [4.69, 9.17) is 0 Å². The molecule has 1 aliphatic heterocycles. The highest BCUT2D eigenvalue weighted by atomic mass is 35.5. The molecule has 0 unspecified atom stereocenters. The van der Waals surface area contributed by atoms with Gasteiger partial charge in [-0.2, -0.15) is 10.2 Å². The van der Waals surface area contributed by atoms with Crippen molar-refractivity contribution < 1.29 is 0 Å². The SMILES string of the molecule is CC1(C)CNc2cc3nc(-c4ccnnc4)[nH]c3cc21.Cl.Cl. The van der Waals surface area contributed by atoms with E-state index in [1.54, 1.807) is 12.4 Å². The zero-order chi connectivity index (χ0) is 13.7. The summed E-state index contributed by atoms with van der Waals surface area (Å²) in [4.78, 5) is 8.02. The summed E-state index contributed by atoms with van der Waals surface area (Å²) in [7, 11) is 0. The van der Waals surface area contributed by atoms with E-state index >= 15 is 0 Å². The molecule has 0 bridgehead atoms. The van der Waals surface area contributed by atoms with Crippen molar-refractivity contribution in [2.24, 2.45) is 0 Å². The van der Waals surface area contributed by atoms with Crippen LogP contribution >= 0.6 is 24.8 Å². The smallest absolute Gasteiger partial charge is 0.140 e. The molecule has 116 valence electrons. The summed E-state index contributed by atoms with van der Waals surface area (Å²) in [6.45, 7) is 5.47. The second kappa shape index (κ2) is 5.74. The van der Waals surface area contributed by atoms with Crippen LogP contribution in [0.25, 0.3) is 22.4 Å². The van der Waals surface area contributed by atoms with Crippen LogP contribution in [0.4, 0.5) is 5.69 Å². The van der Waals surface area contributed by atoms with Gasteiger partial charge in [-0.1, -0.05) is 13.8 Å². The van der Waals surface area contributed by atoms with Gasteiger partial charge in [-0.15, -0.1) is 24.8 Å². The third kappa shape index (κ3) is 2.51. The third-order valence-electron chi connectivity index (χ3n) is 3.93. The Morgan fingerprint density at radius 1 is 1.14 bits per heavy atom. The van der Waals surface area contributed by atoms with Crippen LogP contribution in [0.1, 0.15) is 19.4 Å². The number of aromatic nitrogens is 4. The predicted octanol–water partition coefficient (Wildman–Crippen LogP) is 3.57. The van der Waals surface area contributed by atoms with Crippen molar-refractivity contribution in [2.45, 2.75) is 19.3 Å². The number of hydrogen-bond acceptors (Lipinski definition) is 4. The second-order valence-corrected chi connectivity index (χ2v) is 5.87. The minimum atomic E-state index is 0. The third-order valence-corrected chi connectivity index (χ3v) is 3.93. The molecule has 0 spiro atoms. The number of aromatic amines is 1. The zero-order valence-electron chi connectivity index (χ0n) is 12.3. The first-order chi connectivity index (χ1) is 9.63. The number of halogens is 2. The summed E-state index contributed by atoms with van der Waals surface area (Å²) < 4.78 is 0. The summed E-state index contributed by atoms with van der Waals surface area (Å²) in [6.07, 6.45) is 3.39. The van der Waals surface area contributed by atoms with E-state index < -0.39 is 0 Å². The first-order valence-electron chi connectivity index (χ1n) is 6.69. The molecule has 2 aromatic heterocycles. The fourth-order valence-electron chi connectivity index (χ4n) is 2.74. The molecule has 1 aliphatic rings. The van der Waals surface area contributed by atoms with Gasteiger partial charge >= 0.3 is 0 Å². The topological polar surface area (TPSA) is 66.5 Å². The molecule has 3 heterocycles. The maximum atomic E-state index is 4.64. The van der Waals surface area contributed by atoms with Gasteiger partial charge < -0.3 is 10.3 Å². The van der Waals surface area contributed by atoms with Crippen molar-refractivity contribution in [1.29, 1.82) is 0 Å². The lowest BCUT2D eigenvalue weighted by molar-refractivity contribution is 0.586. The van der Waals surface area contributed by atoms with Gasteiger partial charge in [0.25, 0.3) is 0 Å². The number of nitrogens with zero attached hydrogens (tertiary/aromatic N) is 3. The molecular formula is C15H17Cl2N5. The highest BCUT2D eigenvalue weighted by Crippen LogP contribution is 2.38. The Morgan fingerprint density at radius 2 is 1.95 bits per heavy atom. The van der Waals surface area contributed by atoms with Crippen molar-refractivity contribution in [2.75, 3.05) is 11.9 Å². The van der Waals surface area contributed by atoms with E-state index in [2.05, 4.69) is 51.5 Å². The summed E-state index contributed by atoms with van der Waals surface area (Å²) in [5.74, 6) is 0.830. The average molecular weight is 338 g/mol. The Balaban J connectivity index is 0.000000882. The van der Waals surface area contributed by atoms with Gasteiger partial charge in [0.05, 0.1) is 23.4 Å². The van der Waals surface area contributed by atoms with Gasteiger partial charge in [-0.05, 0) is 23.8 Å². The van der Waals surface area contributed by atoms with Crippen LogP contribution in [0.15, 0.2) is 30.6 Å². The maximum Gasteiger partial charge on any atom is 0.140 e. The number of rotatable bonds is 1. The Kier molecular flexibility index (Phi) is 4.31. The normalized spacial score (nSPS) is 14.6. The van der Waals surface area contributed by atoms with Crippen LogP contribution in [0.5, 0.6) is 0 Å². The molecular weight excluding hydrogens is 321 g/mol. The number of fused-ring (bicyclic) bond motifs is 2. The number of imidazole rings is 1. The highest BCUT2D eigenvalue weighted by molar-refractivity contribution is 5.86. The molecule has 0 aliphatic carbocycles. The van der Waals surface area contributed by atoms with E-state index in [0.29, 0.717) is 0 Å². The lowest BCUT2D eigenvalue weighted by Crippen LogP contribution is -2.18. The molecule has 3 aromatic rings. The number of hydrogen-bond donors (Lipinski definition) is 2. The lowest BCUT2D eigenvalue weighted by Gasteiger charge is -2.16. The fourth-order valence-corrected chi connectivity index (χ4v) is 2.74. The fraction of sp³-hybridized carbons (Fsp3) is 0.267. The summed E-state index contributed by atoms with van der Waals surface area (Å²) in [5.41, 5.74) is 5.67. The molecule has 0 radical (unpaired) electrons. The van der Waals surface area contributed by atoms with Crippen molar-refractivity contribution in [3.63, 3.8) is 0 Å². The van der Waals surface area contributed by atoms with Crippen LogP contribution in [-0.4, -0.2) is 26.7 Å². The molecule has 22 heavy (non-hydrogen) atoms. The molecule has 0 fully saturated rings. The molecule has 5 nitrogen and oxygen atoms in total. The van der Waals surface area contributed by atoms with Crippen molar-refractivity contribution >= 4 is 41.5 Å². The van der Waals surface area contributed by atoms with Gasteiger partial charge in [0.2, 0.25) is 0 Å². The Hall–Kier alpha value is -1.85.